The molecular formula is C19H16F5N5. The van der Waals surface area contributed by atoms with Crippen molar-refractivity contribution in [2.45, 2.75) is 19.5 Å². The molecule has 2 aromatic heterocycles. The number of hydrogen-bond acceptors (Lipinski definition) is 5. The highest BCUT2D eigenvalue weighted by Crippen LogP contribution is 2.24. The molecule has 1 aromatic carbocycles. The maximum absolute atomic E-state index is 13.4. The van der Waals surface area contributed by atoms with E-state index in [1.807, 2.05) is 6.92 Å². The topological polar surface area (TPSA) is 62.7 Å². The van der Waals surface area contributed by atoms with Crippen LogP contribution in [0.4, 0.5) is 39.3 Å². The zero-order valence-electron chi connectivity index (χ0n) is 15.2. The maximum atomic E-state index is 13.4. The Hall–Kier alpha value is -3.30. The number of rotatable bonds is 6. The van der Waals surface area contributed by atoms with Crippen molar-refractivity contribution < 1.29 is 22.0 Å². The maximum Gasteiger partial charge on any atom is 0.405 e. The van der Waals surface area contributed by atoms with E-state index in [1.165, 1.54) is 6.07 Å². The molecule has 0 aliphatic rings. The van der Waals surface area contributed by atoms with Gasteiger partial charge in [-0.25, -0.2) is 23.7 Å². The lowest BCUT2D eigenvalue weighted by atomic mass is 10.2. The van der Waals surface area contributed by atoms with Gasteiger partial charge in [0.1, 0.15) is 35.5 Å². The number of nitrogens with zero attached hydrogens (tertiary/aromatic N) is 3. The molecule has 0 aliphatic heterocycles. The monoisotopic (exact) mass is 409 g/mol. The van der Waals surface area contributed by atoms with E-state index in [0.717, 1.165) is 17.8 Å². The summed E-state index contributed by atoms with van der Waals surface area (Å²) in [6.07, 6.45) is -3.81. The molecule has 0 unspecified atom stereocenters. The first-order valence-electron chi connectivity index (χ1n) is 8.61. The van der Waals surface area contributed by atoms with Crippen molar-refractivity contribution in [3.63, 3.8) is 0 Å². The van der Waals surface area contributed by atoms with E-state index in [-0.39, 0.29) is 23.1 Å². The Bertz CT molecular complexity index is 986. The van der Waals surface area contributed by atoms with Gasteiger partial charge in [0.15, 0.2) is 5.82 Å². The van der Waals surface area contributed by atoms with Gasteiger partial charge in [-0.05, 0) is 30.7 Å². The molecule has 0 bridgehead atoms. The van der Waals surface area contributed by atoms with Crippen LogP contribution in [0.25, 0.3) is 11.5 Å². The number of halogens is 5. The van der Waals surface area contributed by atoms with Crippen LogP contribution in [0.15, 0.2) is 42.5 Å². The first kappa shape index (κ1) is 20.4. The number of benzene rings is 1. The Kier molecular flexibility index (Phi) is 5.90. The summed E-state index contributed by atoms with van der Waals surface area (Å²) >= 11 is 0. The zero-order valence-corrected chi connectivity index (χ0v) is 15.2. The Morgan fingerprint density at radius 1 is 0.897 bits per heavy atom. The molecule has 0 amide bonds. The summed E-state index contributed by atoms with van der Waals surface area (Å²) in [5.74, 6) is -1.63. The number of aryl methyl sites for hydroxylation is 1. The molecule has 0 atom stereocenters. The third-order valence-electron chi connectivity index (χ3n) is 3.73. The quantitative estimate of drug-likeness (QED) is 0.555. The lowest BCUT2D eigenvalue weighted by Crippen LogP contribution is -2.22. The third-order valence-corrected chi connectivity index (χ3v) is 3.73. The van der Waals surface area contributed by atoms with Crippen molar-refractivity contribution >= 4 is 17.3 Å². The highest BCUT2D eigenvalue weighted by atomic mass is 19.4. The highest BCUT2D eigenvalue weighted by molar-refractivity contribution is 5.63. The van der Waals surface area contributed by atoms with Crippen LogP contribution in [0.2, 0.25) is 0 Å². The molecule has 29 heavy (non-hydrogen) atoms. The summed E-state index contributed by atoms with van der Waals surface area (Å²) in [4.78, 5) is 12.7. The molecule has 0 aliphatic carbocycles. The average molecular weight is 409 g/mol. The molecule has 0 radical (unpaired) electrons. The van der Waals surface area contributed by atoms with Crippen LogP contribution in [-0.4, -0.2) is 27.7 Å². The van der Waals surface area contributed by atoms with E-state index in [4.69, 9.17) is 0 Å². The number of nitrogens with one attached hydrogen (secondary N) is 2. The van der Waals surface area contributed by atoms with Gasteiger partial charge in [0, 0.05) is 23.5 Å². The molecule has 0 fully saturated rings. The van der Waals surface area contributed by atoms with Gasteiger partial charge in [-0.1, -0.05) is 13.0 Å². The van der Waals surface area contributed by atoms with E-state index in [0.29, 0.717) is 18.2 Å². The van der Waals surface area contributed by atoms with Crippen molar-refractivity contribution in [1.29, 1.82) is 0 Å². The van der Waals surface area contributed by atoms with Gasteiger partial charge >= 0.3 is 6.18 Å². The normalized spacial score (nSPS) is 11.4. The van der Waals surface area contributed by atoms with Gasteiger partial charge in [0.25, 0.3) is 0 Å². The summed E-state index contributed by atoms with van der Waals surface area (Å²) in [6.45, 7) is 0.597. The minimum Gasteiger partial charge on any atom is -0.361 e. The first-order valence-corrected chi connectivity index (χ1v) is 8.61. The van der Waals surface area contributed by atoms with Crippen LogP contribution in [0.5, 0.6) is 0 Å². The Morgan fingerprint density at radius 2 is 1.59 bits per heavy atom. The van der Waals surface area contributed by atoms with Crippen molar-refractivity contribution in [2.24, 2.45) is 0 Å². The summed E-state index contributed by atoms with van der Waals surface area (Å²) in [7, 11) is 0. The lowest BCUT2D eigenvalue weighted by Gasteiger charge is -2.13. The lowest BCUT2D eigenvalue weighted by molar-refractivity contribution is -0.115. The molecule has 0 spiro atoms. The number of pyridine rings is 1. The Balaban J connectivity index is 1.99. The third kappa shape index (κ3) is 5.84. The van der Waals surface area contributed by atoms with Gasteiger partial charge < -0.3 is 10.6 Å². The summed E-state index contributed by atoms with van der Waals surface area (Å²) < 4.78 is 64.6. The van der Waals surface area contributed by atoms with Crippen LogP contribution in [0.1, 0.15) is 12.6 Å². The van der Waals surface area contributed by atoms with Gasteiger partial charge in [-0.15, -0.1) is 0 Å². The van der Waals surface area contributed by atoms with Crippen LogP contribution in [0, 0.1) is 11.6 Å². The summed E-state index contributed by atoms with van der Waals surface area (Å²) in [6, 6.07) is 9.12. The van der Waals surface area contributed by atoms with Gasteiger partial charge in [0.2, 0.25) is 0 Å². The van der Waals surface area contributed by atoms with Crippen LogP contribution < -0.4 is 10.6 Å². The molecule has 152 valence electrons. The number of hydrogen-bond donors (Lipinski definition) is 2. The number of alkyl halides is 3. The molecule has 5 nitrogen and oxygen atoms in total. The van der Waals surface area contributed by atoms with E-state index < -0.39 is 24.4 Å². The minimum atomic E-state index is -4.45. The molecule has 2 heterocycles. The molecule has 2 N–H and O–H groups in total. The van der Waals surface area contributed by atoms with E-state index in [1.54, 1.807) is 18.2 Å². The largest absolute Gasteiger partial charge is 0.405 e. The molecule has 0 saturated carbocycles. The highest BCUT2D eigenvalue weighted by Gasteiger charge is 2.27. The average Bonchev–Trinajstić information content (AvgIpc) is 2.65. The van der Waals surface area contributed by atoms with E-state index in [2.05, 4.69) is 25.6 Å². The minimum absolute atomic E-state index is 0.0455. The van der Waals surface area contributed by atoms with Gasteiger partial charge in [0.05, 0.1) is 0 Å². The molecule has 3 rings (SSSR count). The second-order valence-corrected chi connectivity index (χ2v) is 6.08. The Morgan fingerprint density at radius 3 is 2.24 bits per heavy atom. The second kappa shape index (κ2) is 8.38. The van der Waals surface area contributed by atoms with E-state index >= 15 is 0 Å². The summed E-state index contributed by atoms with van der Waals surface area (Å²) in [5.41, 5.74) is 1.15. The molecule has 3 aromatic rings. The molecule has 10 heteroatoms. The predicted molar refractivity (Wildman–Crippen MR) is 98.8 cm³/mol. The Labute approximate surface area is 163 Å². The SMILES string of the molecule is CCc1cccc(-c2nc(NCC(F)(F)F)cc(Nc3cc(F)cc(F)c3)n2)n1. The van der Waals surface area contributed by atoms with Crippen LogP contribution in [0.3, 0.4) is 0 Å². The zero-order chi connectivity index (χ0) is 21.0. The molecule has 0 saturated heterocycles. The first-order chi connectivity index (χ1) is 13.7. The van der Waals surface area contributed by atoms with Crippen molar-refractivity contribution in [1.82, 2.24) is 15.0 Å². The second-order valence-electron chi connectivity index (χ2n) is 6.08. The summed E-state index contributed by atoms with van der Waals surface area (Å²) in [5, 5.41) is 4.86. The van der Waals surface area contributed by atoms with Crippen LogP contribution >= 0.6 is 0 Å². The fraction of sp³-hybridized carbons (Fsp3) is 0.211. The van der Waals surface area contributed by atoms with Crippen molar-refractivity contribution in [3.05, 3.63) is 59.8 Å². The van der Waals surface area contributed by atoms with Gasteiger partial charge in [-0.2, -0.15) is 13.2 Å². The van der Waals surface area contributed by atoms with Gasteiger partial charge in [-0.3, -0.25) is 0 Å². The molecular weight excluding hydrogens is 393 g/mol. The standard InChI is InChI=1S/C19H16F5N5/c1-2-13-4-3-5-15(26-13)18-28-16(25-10-19(22,23)24)9-17(29-18)27-14-7-11(20)6-12(21)8-14/h3-9H,2,10H2,1H3,(H2,25,27,28,29). The van der Waals surface area contributed by atoms with Crippen molar-refractivity contribution in [2.75, 3.05) is 17.2 Å². The number of aromatic nitrogens is 3. The number of anilines is 3. The fourth-order valence-corrected chi connectivity index (χ4v) is 2.48. The van der Waals surface area contributed by atoms with Crippen molar-refractivity contribution in [3.8, 4) is 11.5 Å². The van der Waals surface area contributed by atoms with Crippen LogP contribution in [-0.2, 0) is 6.42 Å². The predicted octanol–water partition coefficient (Wildman–Crippen LogP) is 5.10. The van der Waals surface area contributed by atoms with E-state index in [9.17, 15) is 22.0 Å². The fourth-order valence-electron chi connectivity index (χ4n) is 2.48. The smallest absolute Gasteiger partial charge is 0.361 e.